The molecule has 8 bridgehead atoms. The molecule has 13 rings (SSSR count). The zero-order chi connectivity index (χ0) is 56.9. The molecule has 7 aromatic heterocycles. The summed E-state index contributed by atoms with van der Waals surface area (Å²) in [6.45, 7) is 0. The van der Waals surface area contributed by atoms with Crippen LogP contribution in [0.5, 0.6) is 0 Å². The number of para-hydroxylation sites is 4. The van der Waals surface area contributed by atoms with Crippen molar-refractivity contribution in [2.45, 2.75) is 0 Å². The van der Waals surface area contributed by atoms with Gasteiger partial charge in [0.2, 0.25) is 0 Å². The van der Waals surface area contributed by atoms with Gasteiger partial charge in [0.15, 0.2) is 0 Å². The van der Waals surface area contributed by atoms with Crippen LogP contribution in [0, 0.1) is 0 Å². The molecule has 9 heterocycles. The minimum absolute atomic E-state index is 0.357. The van der Waals surface area contributed by atoms with E-state index in [1.807, 2.05) is 146 Å². The minimum Gasteiger partial charge on any atom is -0.354 e. The van der Waals surface area contributed by atoms with Crippen molar-refractivity contribution in [3.63, 3.8) is 0 Å². The van der Waals surface area contributed by atoms with E-state index in [2.05, 4.69) is 51.2 Å². The topological polar surface area (TPSA) is 225 Å². The Hall–Kier alpha value is -12.0. The van der Waals surface area contributed by atoms with Gasteiger partial charge in [-0.1, -0.05) is 72.8 Å². The summed E-state index contributed by atoms with van der Waals surface area (Å²) in [6, 6.07) is 51.6. The van der Waals surface area contributed by atoms with E-state index in [9.17, 15) is 19.2 Å². The number of fused-ring (bicyclic) bond motifs is 8. The fraction of sp³-hybridized carbons (Fsp3) is 0. The van der Waals surface area contributed by atoms with Crippen molar-refractivity contribution in [3.05, 3.63) is 264 Å². The number of benzene rings is 4. The van der Waals surface area contributed by atoms with E-state index in [0.717, 1.165) is 0 Å². The fourth-order valence-corrected chi connectivity index (χ4v) is 10.3. The van der Waals surface area contributed by atoms with Crippen molar-refractivity contribution in [1.29, 1.82) is 0 Å². The summed E-state index contributed by atoms with van der Waals surface area (Å²) in [5.74, 6) is -1.43. The number of hydrogen-bond acceptors (Lipinski definition) is 10. The Labute approximate surface area is 479 Å². The van der Waals surface area contributed by atoms with E-state index >= 15 is 0 Å². The Balaban J connectivity index is 1.12. The summed E-state index contributed by atoms with van der Waals surface area (Å²) in [5.41, 5.74) is 13.4. The molecule has 16 heteroatoms. The highest BCUT2D eigenvalue weighted by Gasteiger charge is 2.24. The van der Waals surface area contributed by atoms with Crippen molar-refractivity contribution in [3.8, 4) is 44.5 Å². The minimum atomic E-state index is -0.357. The molecule has 0 unspecified atom stereocenters. The lowest BCUT2D eigenvalue weighted by molar-refractivity contribution is 0.101. The maximum atomic E-state index is 14.0. The van der Waals surface area contributed by atoms with Crippen molar-refractivity contribution < 1.29 is 19.2 Å². The molecule has 0 spiro atoms. The number of anilines is 4. The number of nitrogens with one attached hydrogen (secondary N) is 6. The molecule has 0 aliphatic carbocycles. The molecule has 402 valence electrons. The van der Waals surface area contributed by atoms with Crippen LogP contribution in [0.15, 0.2) is 219 Å². The van der Waals surface area contributed by atoms with Gasteiger partial charge in [0.1, 0.15) is 0 Å². The molecule has 11 aromatic rings. The van der Waals surface area contributed by atoms with Crippen LogP contribution in [0.1, 0.15) is 64.2 Å². The summed E-state index contributed by atoms with van der Waals surface area (Å²) >= 11 is 0. The van der Waals surface area contributed by atoms with E-state index in [-0.39, 0.29) is 23.6 Å². The number of aromatic amines is 2. The van der Waals surface area contributed by atoms with Crippen LogP contribution in [0.4, 0.5) is 22.7 Å². The Morgan fingerprint density at radius 1 is 0.286 bits per heavy atom. The lowest BCUT2D eigenvalue weighted by Gasteiger charge is -2.14. The first-order valence-corrected chi connectivity index (χ1v) is 26.7. The monoisotopic (exact) mass is 1090 g/mol. The smallest absolute Gasteiger partial charge is 0.257 e. The van der Waals surface area contributed by atoms with Crippen molar-refractivity contribution in [2.24, 2.45) is 0 Å². The third-order valence-corrected chi connectivity index (χ3v) is 14.2. The Morgan fingerprint density at radius 2 is 0.524 bits per heavy atom. The van der Waals surface area contributed by atoms with Gasteiger partial charge in [-0.3, -0.25) is 39.1 Å². The first kappa shape index (κ1) is 51.4. The number of H-pyrrole nitrogens is 2. The summed E-state index contributed by atoms with van der Waals surface area (Å²) < 4.78 is 0. The second kappa shape index (κ2) is 22.6. The Kier molecular flexibility index (Phi) is 13.8. The van der Waals surface area contributed by atoms with Crippen LogP contribution < -0.4 is 21.3 Å². The predicted octanol–water partition coefficient (Wildman–Crippen LogP) is 13.9. The SMILES string of the molecule is O=C(Nc1ccccc1-c1c2nc(c(-c3ccccc3NC(=O)c3cccnc3)c3ccc([nH]3)c(-c3ccccc3NC(=O)c3cccnc3)c3nc(c(-c4ccccc4NC(=O)c4cccnc4)c4ccc1[nH]4)C=C3)C=C2)c1cccnc1. The summed E-state index contributed by atoms with van der Waals surface area (Å²) in [7, 11) is 0. The number of rotatable bonds is 12. The molecule has 6 N–H and O–H groups in total. The van der Waals surface area contributed by atoms with Crippen molar-refractivity contribution in [1.82, 2.24) is 39.9 Å². The van der Waals surface area contributed by atoms with Crippen LogP contribution in [-0.2, 0) is 0 Å². The van der Waals surface area contributed by atoms with Crippen molar-refractivity contribution in [2.75, 3.05) is 21.3 Å². The molecule has 2 aliphatic heterocycles. The molecule has 16 nitrogen and oxygen atoms in total. The number of pyridine rings is 4. The first-order valence-electron chi connectivity index (χ1n) is 26.7. The molecule has 0 radical (unpaired) electrons. The highest BCUT2D eigenvalue weighted by Crippen LogP contribution is 2.43. The van der Waals surface area contributed by atoms with Crippen LogP contribution >= 0.6 is 0 Å². The van der Waals surface area contributed by atoms with E-state index < -0.39 is 0 Å². The largest absolute Gasteiger partial charge is 0.354 e. The summed E-state index contributed by atoms with van der Waals surface area (Å²) in [6.07, 6.45) is 20.2. The zero-order valence-electron chi connectivity index (χ0n) is 44.4. The maximum Gasteiger partial charge on any atom is 0.257 e. The normalized spacial score (nSPS) is 11.4. The van der Waals surface area contributed by atoms with Gasteiger partial charge < -0.3 is 31.2 Å². The number of carbonyl (C=O) groups excluding carboxylic acids is 4. The summed E-state index contributed by atoms with van der Waals surface area (Å²) in [4.78, 5) is 91.3. The maximum absolute atomic E-state index is 14.0. The van der Waals surface area contributed by atoms with Gasteiger partial charge in [-0.2, -0.15) is 0 Å². The summed E-state index contributed by atoms with van der Waals surface area (Å²) in [5, 5.41) is 12.6. The number of carbonyl (C=O) groups is 4. The quantitative estimate of drug-likeness (QED) is 0.0678. The van der Waals surface area contributed by atoms with Crippen LogP contribution in [0.2, 0.25) is 0 Å². The lowest BCUT2D eigenvalue weighted by atomic mass is 10.0. The van der Waals surface area contributed by atoms with E-state index in [4.69, 9.17) is 9.97 Å². The average Bonchev–Trinajstić information content (AvgIpc) is 3.33. The molecular formula is C68H46N12O4. The first-order chi connectivity index (χ1) is 41.3. The highest BCUT2D eigenvalue weighted by atomic mass is 16.2. The van der Waals surface area contributed by atoms with Gasteiger partial charge in [0.05, 0.1) is 45.0 Å². The van der Waals surface area contributed by atoms with Gasteiger partial charge in [-0.15, -0.1) is 0 Å². The molecule has 0 fully saturated rings. The van der Waals surface area contributed by atoms with Gasteiger partial charge in [-0.25, -0.2) is 9.97 Å². The molecule has 4 aromatic carbocycles. The number of nitrogens with zero attached hydrogens (tertiary/aromatic N) is 6. The van der Waals surface area contributed by atoms with Gasteiger partial charge in [0, 0.05) is 139 Å². The molecule has 0 saturated heterocycles. The molecule has 4 amide bonds. The average molecular weight is 1100 g/mol. The number of amides is 4. The third-order valence-electron chi connectivity index (χ3n) is 14.2. The fourth-order valence-electron chi connectivity index (χ4n) is 10.3. The predicted molar refractivity (Wildman–Crippen MR) is 329 cm³/mol. The Bertz CT molecular complexity index is 4060. The second-order valence-corrected chi connectivity index (χ2v) is 19.5. The Morgan fingerprint density at radius 3 is 0.750 bits per heavy atom. The van der Waals surface area contributed by atoms with Gasteiger partial charge in [-0.05, 0) is 121 Å². The van der Waals surface area contributed by atoms with Gasteiger partial charge in [0.25, 0.3) is 23.6 Å². The van der Waals surface area contributed by atoms with E-state index in [1.165, 1.54) is 24.8 Å². The van der Waals surface area contributed by atoms with Gasteiger partial charge >= 0.3 is 0 Å². The van der Waals surface area contributed by atoms with E-state index in [1.54, 1.807) is 73.3 Å². The third kappa shape index (κ3) is 10.3. The number of hydrogen-bond donors (Lipinski definition) is 6. The zero-order valence-corrected chi connectivity index (χ0v) is 44.4. The number of aromatic nitrogens is 8. The molecule has 0 saturated carbocycles. The molecule has 2 aliphatic rings. The van der Waals surface area contributed by atoms with Crippen LogP contribution in [-0.4, -0.2) is 63.5 Å². The molecular weight excluding hydrogens is 1050 g/mol. The molecule has 84 heavy (non-hydrogen) atoms. The standard InChI is InChI=1S/C68H46N12O4/c81-65(41-13-9-33-69-37-41)77-49-21-5-1-17-45(49)61-53-25-27-55(73-53)62(46-18-2-6-22-50(46)78-66(82)42-14-10-34-70-38-42)57-29-31-59(75-57)64(48-20-4-8-24-52(48)80-68(84)44-16-12-36-72-40-44)60-32-30-58(76-60)63(56-28-26-54(61)74-56)47-19-3-7-23-51(47)79-67(83)43-15-11-35-71-39-43/h1-40,73,76H,(H,77,81)(H,78,82)(H,79,83)(H,80,84). The second-order valence-electron chi connectivity index (χ2n) is 19.5. The highest BCUT2D eigenvalue weighted by molar-refractivity contribution is 6.12. The van der Waals surface area contributed by atoms with E-state index in [0.29, 0.717) is 134 Å². The van der Waals surface area contributed by atoms with Crippen LogP contribution in [0.25, 0.3) is 90.9 Å². The lowest BCUT2D eigenvalue weighted by Crippen LogP contribution is -2.13. The van der Waals surface area contributed by atoms with Crippen LogP contribution in [0.3, 0.4) is 0 Å². The molecule has 0 atom stereocenters. The van der Waals surface area contributed by atoms with Crippen molar-refractivity contribution >= 4 is 92.7 Å².